The van der Waals surface area contributed by atoms with Gasteiger partial charge >= 0.3 is 0 Å². The summed E-state index contributed by atoms with van der Waals surface area (Å²) in [5.74, 6) is 0. The minimum atomic E-state index is -0.375. The second-order valence-electron chi connectivity index (χ2n) is 9.62. The lowest BCUT2D eigenvalue weighted by Crippen LogP contribution is -2.53. The van der Waals surface area contributed by atoms with Crippen molar-refractivity contribution in [2.75, 3.05) is 24.5 Å². The summed E-state index contributed by atoms with van der Waals surface area (Å²) in [6.07, 6.45) is 1.67. The van der Waals surface area contributed by atoms with Crippen molar-refractivity contribution in [2.24, 2.45) is 7.05 Å². The van der Waals surface area contributed by atoms with E-state index in [1.807, 2.05) is 12.1 Å². The predicted octanol–water partition coefficient (Wildman–Crippen LogP) is 4.33. The molecule has 1 fully saturated rings. The van der Waals surface area contributed by atoms with Gasteiger partial charge in [-0.15, -0.1) is 0 Å². The molecule has 38 heavy (non-hydrogen) atoms. The number of anilines is 1. The molecule has 3 aromatic heterocycles. The minimum absolute atomic E-state index is 0.0392. The number of nitrogens with zero attached hydrogens (tertiary/aromatic N) is 7. The molecule has 0 saturated carbocycles. The highest BCUT2D eigenvalue weighted by Gasteiger charge is 2.34. The second-order valence-corrected chi connectivity index (χ2v) is 10.1. The first-order valence-corrected chi connectivity index (χ1v) is 12.7. The van der Waals surface area contributed by atoms with Crippen LogP contribution in [0.5, 0.6) is 0 Å². The lowest BCUT2D eigenvalue weighted by molar-refractivity contribution is 0.147. The molecule has 1 aliphatic heterocycles. The van der Waals surface area contributed by atoms with Gasteiger partial charge in [-0.3, -0.25) is 14.7 Å². The van der Waals surface area contributed by atoms with Crippen LogP contribution in [0.2, 0.25) is 5.02 Å². The Balaban J connectivity index is 1.56. The number of benzene rings is 1. The molecular weight excluding hydrogens is 498 g/mol. The Kier molecular flexibility index (Phi) is 6.86. The summed E-state index contributed by atoms with van der Waals surface area (Å²) in [7, 11) is 1.62. The topological polar surface area (TPSA) is 102 Å². The van der Waals surface area contributed by atoms with Crippen LogP contribution in [0.1, 0.15) is 41.0 Å². The molecule has 0 amide bonds. The third kappa shape index (κ3) is 4.50. The van der Waals surface area contributed by atoms with Crippen molar-refractivity contribution >= 4 is 28.3 Å². The summed E-state index contributed by atoms with van der Waals surface area (Å²) in [6, 6.07) is 19.7. The van der Waals surface area contributed by atoms with Crippen molar-refractivity contribution in [1.82, 2.24) is 19.4 Å². The molecule has 190 valence electrons. The zero-order valence-corrected chi connectivity index (χ0v) is 22.1. The molecule has 0 radical (unpaired) electrons. The Morgan fingerprint density at radius 1 is 1.05 bits per heavy atom. The zero-order valence-electron chi connectivity index (χ0n) is 21.4. The molecule has 5 rings (SSSR count). The van der Waals surface area contributed by atoms with E-state index in [1.54, 1.807) is 25.4 Å². The lowest BCUT2D eigenvalue weighted by atomic mass is 9.97. The van der Waals surface area contributed by atoms with Crippen LogP contribution in [0, 0.1) is 29.6 Å². The Morgan fingerprint density at radius 3 is 2.45 bits per heavy atom. The van der Waals surface area contributed by atoms with E-state index in [1.165, 1.54) is 10.1 Å². The molecule has 1 aliphatic rings. The van der Waals surface area contributed by atoms with Gasteiger partial charge in [-0.25, -0.2) is 4.98 Å². The Labute approximate surface area is 226 Å². The second kappa shape index (κ2) is 10.3. The largest absolute Gasteiger partial charge is 0.366 e. The number of pyridine rings is 3. The zero-order chi connectivity index (χ0) is 27.0. The number of hydrogen-bond donors (Lipinski definition) is 0. The molecular formula is C29H26ClN7O. The molecule has 9 heteroatoms. The summed E-state index contributed by atoms with van der Waals surface area (Å²) >= 11 is 6.14. The molecule has 2 atom stereocenters. The Morgan fingerprint density at radius 2 is 1.82 bits per heavy atom. The maximum atomic E-state index is 13.1. The quantitative estimate of drug-likeness (QED) is 0.392. The van der Waals surface area contributed by atoms with Crippen LogP contribution in [-0.4, -0.2) is 45.1 Å². The number of rotatable bonds is 4. The van der Waals surface area contributed by atoms with E-state index >= 15 is 0 Å². The van der Waals surface area contributed by atoms with E-state index in [2.05, 4.69) is 70.0 Å². The van der Waals surface area contributed by atoms with Gasteiger partial charge in [0, 0.05) is 38.9 Å². The molecule has 4 heterocycles. The number of hydrogen-bond acceptors (Lipinski definition) is 7. The Bertz CT molecular complexity index is 1600. The fourth-order valence-electron chi connectivity index (χ4n) is 5.25. The number of piperazine rings is 1. The van der Waals surface area contributed by atoms with Gasteiger partial charge in [0.05, 0.1) is 28.0 Å². The molecule has 4 aromatic rings. The van der Waals surface area contributed by atoms with E-state index in [9.17, 15) is 15.3 Å². The average Bonchev–Trinajstić information content (AvgIpc) is 2.93. The first-order chi connectivity index (χ1) is 18.3. The number of aryl methyl sites for hydroxylation is 2. The molecule has 1 aromatic carbocycles. The lowest BCUT2D eigenvalue weighted by Gasteiger charge is -2.45. The first-order valence-electron chi connectivity index (χ1n) is 12.3. The van der Waals surface area contributed by atoms with E-state index < -0.39 is 0 Å². The van der Waals surface area contributed by atoms with Crippen molar-refractivity contribution in [1.29, 1.82) is 10.5 Å². The number of fused-ring (bicyclic) bond motifs is 1. The molecule has 1 unspecified atom stereocenters. The van der Waals surface area contributed by atoms with E-state index in [4.69, 9.17) is 11.6 Å². The molecule has 8 nitrogen and oxygen atoms in total. The monoisotopic (exact) mass is 523 g/mol. The van der Waals surface area contributed by atoms with Crippen LogP contribution in [0.3, 0.4) is 0 Å². The molecule has 0 spiro atoms. The van der Waals surface area contributed by atoms with Crippen molar-refractivity contribution in [3.63, 3.8) is 0 Å². The van der Waals surface area contributed by atoms with Crippen molar-refractivity contribution in [2.45, 2.75) is 25.9 Å². The van der Waals surface area contributed by atoms with Gasteiger partial charge in [0.15, 0.2) is 0 Å². The smallest absolute Gasteiger partial charge is 0.270 e. The summed E-state index contributed by atoms with van der Waals surface area (Å²) in [6.45, 7) is 5.98. The molecule has 1 saturated heterocycles. The third-order valence-electron chi connectivity index (χ3n) is 7.19. The fourth-order valence-corrected chi connectivity index (χ4v) is 5.36. The molecule has 0 aliphatic carbocycles. The standard InChI is InChI=1S/C29H26ClN7O/c1-18-4-6-20(7-5-18)27(24-10-8-21(30)16-33-24)37-13-12-36(17-19(37)2)28-23(15-32)29(38)35(3)25-11-9-22(14-31)34-26(25)28/h4-11,16,19,27H,12-13,17H2,1-3H3/t19-,27?/m1/s1. The van der Waals surface area contributed by atoms with Gasteiger partial charge in [-0.1, -0.05) is 41.4 Å². The highest BCUT2D eigenvalue weighted by molar-refractivity contribution is 6.30. The minimum Gasteiger partial charge on any atom is -0.366 e. The number of halogens is 1. The predicted molar refractivity (Wildman–Crippen MR) is 147 cm³/mol. The van der Waals surface area contributed by atoms with Crippen LogP contribution in [0.4, 0.5) is 5.69 Å². The van der Waals surface area contributed by atoms with Gasteiger partial charge in [-0.05, 0) is 43.7 Å². The van der Waals surface area contributed by atoms with Crippen molar-refractivity contribution in [3.05, 3.63) is 98.2 Å². The third-order valence-corrected chi connectivity index (χ3v) is 7.42. The van der Waals surface area contributed by atoms with Gasteiger partial charge in [0.1, 0.15) is 28.9 Å². The summed E-state index contributed by atoms with van der Waals surface area (Å²) in [4.78, 5) is 26.7. The normalized spacial score (nSPS) is 16.7. The van der Waals surface area contributed by atoms with Crippen LogP contribution >= 0.6 is 11.6 Å². The van der Waals surface area contributed by atoms with E-state index in [0.717, 1.165) is 11.3 Å². The van der Waals surface area contributed by atoms with E-state index in [0.29, 0.717) is 41.4 Å². The van der Waals surface area contributed by atoms with Gasteiger partial charge in [0.2, 0.25) is 0 Å². The summed E-state index contributed by atoms with van der Waals surface area (Å²) in [5.41, 5.74) is 4.67. The highest BCUT2D eigenvalue weighted by Crippen LogP contribution is 2.34. The van der Waals surface area contributed by atoms with Crippen molar-refractivity contribution < 1.29 is 0 Å². The SMILES string of the molecule is Cc1ccc(C(c2ccc(Cl)cn2)N2CCN(c3c(C#N)c(=O)n(C)c4ccc(C#N)nc34)C[C@H]2C)cc1. The number of nitriles is 2. The Hall–Kier alpha value is -4.24. The highest BCUT2D eigenvalue weighted by atomic mass is 35.5. The average molecular weight is 524 g/mol. The maximum Gasteiger partial charge on any atom is 0.270 e. The number of aromatic nitrogens is 3. The summed E-state index contributed by atoms with van der Waals surface area (Å²) in [5, 5.41) is 20.0. The fraction of sp³-hybridized carbons (Fsp3) is 0.276. The van der Waals surface area contributed by atoms with Crippen LogP contribution in [0.25, 0.3) is 11.0 Å². The first kappa shape index (κ1) is 25.4. The van der Waals surface area contributed by atoms with Gasteiger partial charge in [-0.2, -0.15) is 10.5 Å². The summed E-state index contributed by atoms with van der Waals surface area (Å²) < 4.78 is 1.42. The van der Waals surface area contributed by atoms with Gasteiger partial charge < -0.3 is 9.47 Å². The van der Waals surface area contributed by atoms with Crippen LogP contribution < -0.4 is 10.5 Å². The van der Waals surface area contributed by atoms with E-state index in [-0.39, 0.29) is 28.9 Å². The van der Waals surface area contributed by atoms with Gasteiger partial charge in [0.25, 0.3) is 5.56 Å². The molecule has 0 bridgehead atoms. The van der Waals surface area contributed by atoms with Crippen molar-refractivity contribution in [3.8, 4) is 12.1 Å². The van der Waals surface area contributed by atoms with Crippen LogP contribution in [-0.2, 0) is 7.05 Å². The molecule has 0 N–H and O–H groups in total. The van der Waals surface area contributed by atoms with Crippen LogP contribution in [0.15, 0.2) is 59.5 Å². The maximum absolute atomic E-state index is 13.1.